The van der Waals surface area contributed by atoms with Crippen LogP contribution < -0.4 is 15.2 Å². The summed E-state index contributed by atoms with van der Waals surface area (Å²) in [5, 5.41) is 7.84. The minimum Gasteiger partial charge on any atom is -0.368 e. The Balaban J connectivity index is 2.27. The van der Waals surface area contributed by atoms with E-state index in [2.05, 4.69) is 20.0 Å². The molecule has 9 nitrogen and oxygen atoms in total. The molecule has 0 saturated carbocycles. The van der Waals surface area contributed by atoms with E-state index in [1.54, 1.807) is 0 Å². The summed E-state index contributed by atoms with van der Waals surface area (Å²) in [6.07, 6.45) is -4.05. The van der Waals surface area contributed by atoms with E-state index >= 15 is 0 Å². The fourth-order valence-electron chi connectivity index (χ4n) is 3.05. The zero-order valence-corrected chi connectivity index (χ0v) is 19.6. The van der Waals surface area contributed by atoms with Gasteiger partial charge in [-0.1, -0.05) is 12.1 Å². The number of aromatic nitrogens is 2. The molecule has 0 spiro atoms. The summed E-state index contributed by atoms with van der Waals surface area (Å²) in [5.74, 6) is -2.50. The van der Waals surface area contributed by atoms with Crippen LogP contribution in [0.3, 0.4) is 0 Å². The number of hydrogen-bond acceptors (Lipinski definition) is 7. The van der Waals surface area contributed by atoms with Gasteiger partial charge in [0.2, 0.25) is 25.9 Å². The number of benzene rings is 2. The molecule has 188 valence electrons. The first-order valence-corrected chi connectivity index (χ1v) is 13.2. The summed E-state index contributed by atoms with van der Waals surface area (Å²) in [4.78, 5) is 6.91. The molecule has 3 rings (SSSR count). The van der Waals surface area contributed by atoms with Crippen molar-refractivity contribution in [2.45, 2.75) is 11.1 Å². The van der Waals surface area contributed by atoms with Crippen LogP contribution in [0.5, 0.6) is 0 Å². The number of rotatable bonds is 8. The van der Waals surface area contributed by atoms with Crippen molar-refractivity contribution >= 4 is 25.9 Å². The maximum atomic E-state index is 13.6. The topological polar surface area (TPSA) is 144 Å². The molecule has 4 N–H and O–H groups in total. The first-order chi connectivity index (χ1) is 16.1. The van der Waals surface area contributed by atoms with Crippen molar-refractivity contribution in [2.24, 2.45) is 5.14 Å². The van der Waals surface area contributed by atoms with Crippen LogP contribution in [0.1, 0.15) is 5.82 Å². The van der Waals surface area contributed by atoms with E-state index < -0.39 is 37.9 Å². The van der Waals surface area contributed by atoms with E-state index in [0.717, 1.165) is 24.5 Å². The summed E-state index contributed by atoms with van der Waals surface area (Å²) in [5.41, 5.74) is -0.109. The van der Waals surface area contributed by atoms with Crippen LogP contribution in [-0.2, 0) is 26.2 Å². The first kappa shape index (κ1) is 26.5. The van der Waals surface area contributed by atoms with Gasteiger partial charge in [0.05, 0.1) is 22.4 Å². The SMILES string of the molecule is CS(=O)(=O)NCCNc1nc(C(F)(F)F)nc(-c2ccc(F)cc2)c1-c1cccc(S(N)(=O)=O)c1. The lowest BCUT2D eigenvalue weighted by Gasteiger charge is -2.18. The molecule has 0 atom stereocenters. The number of alkyl halides is 3. The minimum absolute atomic E-state index is 0.0329. The summed E-state index contributed by atoms with van der Waals surface area (Å²) >= 11 is 0. The van der Waals surface area contributed by atoms with Gasteiger partial charge < -0.3 is 5.32 Å². The van der Waals surface area contributed by atoms with Crippen LogP contribution >= 0.6 is 0 Å². The maximum absolute atomic E-state index is 13.6. The van der Waals surface area contributed by atoms with Gasteiger partial charge in [-0.2, -0.15) is 13.2 Å². The van der Waals surface area contributed by atoms with Crippen molar-refractivity contribution in [1.29, 1.82) is 0 Å². The Labute approximate surface area is 198 Å². The zero-order chi connectivity index (χ0) is 26.0. The molecule has 0 unspecified atom stereocenters. The smallest absolute Gasteiger partial charge is 0.368 e. The van der Waals surface area contributed by atoms with Crippen molar-refractivity contribution in [3.05, 3.63) is 60.2 Å². The normalized spacial score (nSPS) is 12.5. The molecule has 0 aliphatic heterocycles. The summed E-state index contributed by atoms with van der Waals surface area (Å²) in [7, 11) is -7.73. The Morgan fingerprint density at radius 3 is 2.17 bits per heavy atom. The number of primary sulfonamides is 1. The van der Waals surface area contributed by atoms with Crippen LogP contribution in [0.15, 0.2) is 53.4 Å². The van der Waals surface area contributed by atoms with Gasteiger partial charge in [-0.15, -0.1) is 0 Å². The van der Waals surface area contributed by atoms with Gasteiger partial charge in [0, 0.05) is 18.7 Å². The Morgan fingerprint density at radius 1 is 0.943 bits per heavy atom. The number of anilines is 1. The van der Waals surface area contributed by atoms with Crippen molar-refractivity contribution in [2.75, 3.05) is 24.7 Å². The molecule has 1 aromatic heterocycles. The lowest BCUT2D eigenvalue weighted by atomic mass is 9.99. The summed E-state index contributed by atoms with van der Waals surface area (Å²) in [6.45, 7) is -0.362. The molecular formula is C20H19F4N5O4S2. The molecule has 15 heteroatoms. The lowest BCUT2D eigenvalue weighted by molar-refractivity contribution is -0.144. The van der Waals surface area contributed by atoms with E-state index in [1.807, 2.05) is 0 Å². The van der Waals surface area contributed by atoms with E-state index in [4.69, 9.17) is 5.14 Å². The fourth-order valence-corrected chi connectivity index (χ4v) is 4.08. The molecule has 1 heterocycles. The van der Waals surface area contributed by atoms with Crippen LogP contribution in [-0.4, -0.2) is 46.1 Å². The van der Waals surface area contributed by atoms with Gasteiger partial charge in [0.15, 0.2) is 0 Å². The number of nitrogens with two attached hydrogens (primary N) is 1. The van der Waals surface area contributed by atoms with Gasteiger partial charge in [0.1, 0.15) is 11.6 Å². The predicted octanol–water partition coefficient (Wildman–Crippen LogP) is 2.58. The molecule has 2 aromatic carbocycles. The highest BCUT2D eigenvalue weighted by Crippen LogP contribution is 2.39. The third kappa shape index (κ3) is 6.94. The third-order valence-corrected chi connectivity index (χ3v) is 6.15. The van der Waals surface area contributed by atoms with E-state index in [1.165, 1.54) is 30.3 Å². The Kier molecular flexibility index (Phi) is 7.45. The standard InChI is InChI=1S/C20H19F4N5O4S2/c1-34(30,31)27-10-9-26-18-16(13-3-2-4-15(11-13)35(25,32)33)17(12-5-7-14(21)8-6-12)28-19(29-18)20(22,23)24/h2-8,11,27H,9-10H2,1H3,(H2,25,32,33)(H,26,28,29). The van der Waals surface area contributed by atoms with E-state index in [9.17, 15) is 34.4 Å². The summed E-state index contributed by atoms with van der Waals surface area (Å²) in [6, 6.07) is 9.54. The van der Waals surface area contributed by atoms with Crippen molar-refractivity contribution in [1.82, 2.24) is 14.7 Å². The van der Waals surface area contributed by atoms with E-state index in [0.29, 0.717) is 0 Å². The second-order valence-corrected chi connectivity index (χ2v) is 10.7. The van der Waals surface area contributed by atoms with Crippen LogP contribution in [0, 0.1) is 5.82 Å². The minimum atomic E-state index is -4.96. The second-order valence-electron chi connectivity index (χ2n) is 7.29. The molecule has 0 saturated heterocycles. The molecule has 0 fully saturated rings. The number of halogens is 4. The average molecular weight is 534 g/mol. The second kappa shape index (κ2) is 9.85. The molecule has 35 heavy (non-hydrogen) atoms. The van der Waals surface area contributed by atoms with Crippen molar-refractivity contribution in [3.8, 4) is 22.4 Å². The summed E-state index contributed by atoms with van der Waals surface area (Å²) < 4.78 is 103. The molecular weight excluding hydrogens is 514 g/mol. The monoisotopic (exact) mass is 533 g/mol. The molecule has 0 amide bonds. The number of nitrogens with zero attached hydrogens (tertiary/aromatic N) is 2. The lowest BCUT2D eigenvalue weighted by Crippen LogP contribution is -2.28. The molecule has 0 aliphatic carbocycles. The average Bonchev–Trinajstić information content (AvgIpc) is 2.75. The van der Waals surface area contributed by atoms with Crippen LogP contribution in [0.25, 0.3) is 22.4 Å². The predicted molar refractivity (Wildman–Crippen MR) is 121 cm³/mol. The van der Waals surface area contributed by atoms with Crippen molar-refractivity contribution < 1.29 is 34.4 Å². The highest BCUT2D eigenvalue weighted by Gasteiger charge is 2.37. The molecule has 3 aromatic rings. The Bertz CT molecular complexity index is 1450. The van der Waals surface area contributed by atoms with Gasteiger partial charge >= 0.3 is 6.18 Å². The Hall–Kier alpha value is -3.14. The van der Waals surface area contributed by atoms with Gasteiger partial charge in [-0.3, -0.25) is 0 Å². The quantitative estimate of drug-likeness (QED) is 0.298. The third-order valence-electron chi connectivity index (χ3n) is 4.51. The highest BCUT2D eigenvalue weighted by atomic mass is 32.2. The number of sulfonamides is 2. The number of nitrogens with one attached hydrogen (secondary N) is 2. The van der Waals surface area contributed by atoms with Crippen LogP contribution in [0.2, 0.25) is 0 Å². The fraction of sp³-hybridized carbons (Fsp3) is 0.200. The largest absolute Gasteiger partial charge is 0.451 e. The maximum Gasteiger partial charge on any atom is 0.451 e. The first-order valence-electron chi connectivity index (χ1n) is 9.72. The Morgan fingerprint density at radius 2 is 1.60 bits per heavy atom. The van der Waals surface area contributed by atoms with Gasteiger partial charge in [0.25, 0.3) is 0 Å². The van der Waals surface area contributed by atoms with E-state index in [-0.39, 0.29) is 46.2 Å². The number of hydrogen-bond donors (Lipinski definition) is 3. The van der Waals surface area contributed by atoms with Crippen LogP contribution in [0.4, 0.5) is 23.4 Å². The zero-order valence-electron chi connectivity index (χ0n) is 18.0. The van der Waals surface area contributed by atoms with Gasteiger partial charge in [-0.05, 0) is 42.0 Å². The molecule has 0 bridgehead atoms. The molecule has 0 aliphatic rings. The van der Waals surface area contributed by atoms with Gasteiger partial charge in [-0.25, -0.2) is 41.1 Å². The highest BCUT2D eigenvalue weighted by molar-refractivity contribution is 7.89. The van der Waals surface area contributed by atoms with Crippen molar-refractivity contribution in [3.63, 3.8) is 0 Å². The molecule has 0 radical (unpaired) electrons.